The molecule has 1 aliphatic heterocycles. The second-order valence-corrected chi connectivity index (χ2v) is 11.1. The molecular weight excluding hydrogens is 533 g/mol. The van der Waals surface area contributed by atoms with E-state index in [-0.39, 0.29) is 12.5 Å². The van der Waals surface area contributed by atoms with E-state index in [0.717, 1.165) is 65.9 Å². The maximum Gasteiger partial charge on any atom is 0.131 e. The largest absolute Gasteiger partial charge is 0.382 e. The number of allylic oxidation sites excluding steroid dienone is 1. The minimum absolute atomic E-state index is 0.237. The van der Waals surface area contributed by atoms with Crippen molar-refractivity contribution in [1.29, 1.82) is 0 Å². The molecule has 3 aromatic rings. The smallest absolute Gasteiger partial charge is 0.131 e. The van der Waals surface area contributed by atoms with Gasteiger partial charge in [0, 0.05) is 54.1 Å². The maximum absolute atomic E-state index is 14.0. The van der Waals surface area contributed by atoms with Crippen LogP contribution in [0.25, 0.3) is 0 Å². The van der Waals surface area contributed by atoms with E-state index < -0.39 is 17.8 Å². The lowest BCUT2D eigenvalue weighted by atomic mass is 9.96. The highest BCUT2D eigenvalue weighted by Crippen LogP contribution is 2.26. The number of para-hydroxylation sites is 1. The summed E-state index contributed by atoms with van der Waals surface area (Å²) in [4.78, 5) is 11.7. The molecule has 220 valence electrons. The van der Waals surface area contributed by atoms with Crippen LogP contribution in [0.4, 0.5) is 24.5 Å². The molecule has 0 spiro atoms. The van der Waals surface area contributed by atoms with Gasteiger partial charge in [-0.3, -0.25) is 4.99 Å². The fourth-order valence-electron chi connectivity index (χ4n) is 5.26. The van der Waals surface area contributed by atoms with Crippen molar-refractivity contribution in [1.82, 2.24) is 4.90 Å². The molecule has 7 heteroatoms. The first-order valence-corrected chi connectivity index (χ1v) is 14.3. The number of benzene rings is 3. The van der Waals surface area contributed by atoms with Gasteiger partial charge in [-0.05, 0) is 87.6 Å². The van der Waals surface area contributed by atoms with E-state index in [1.807, 2.05) is 56.3 Å². The van der Waals surface area contributed by atoms with Crippen molar-refractivity contribution in [2.45, 2.75) is 59.2 Å². The van der Waals surface area contributed by atoms with E-state index in [2.05, 4.69) is 28.4 Å². The molecule has 0 bridgehead atoms. The number of nitrogens with one attached hydrogen (secondary N) is 1. The average molecular weight is 573 g/mol. The Bertz CT molecular complexity index is 1490. The number of hydrogen-bond acceptors (Lipinski definition) is 3. The third kappa shape index (κ3) is 7.99. The molecule has 1 saturated heterocycles. The van der Waals surface area contributed by atoms with E-state index in [1.165, 1.54) is 12.1 Å². The van der Waals surface area contributed by atoms with Crippen molar-refractivity contribution in [3.8, 4) is 0 Å². The van der Waals surface area contributed by atoms with Crippen LogP contribution in [-0.2, 0) is 0 Å². The molecule has 4 rings (SSSR count). The summed E-state index contributed by atoms with van der Waals surface area (Å²) in [7, 11) is 0. The Kier molecular flexibility index (Phi) is 10.0. The van der Waals surface area contributed by atoms with E-state index in [0.29, 0.717) is 22.5 Å². The average Bonchev–Trinajstić information content (AvgIpc) is 2.91. The fraction of sp³-hybridized carbons (Fsp3) is 0.314. The van der Waals surface area contributed by atoms with E-state index in [4.69, 9.17) is 4.99 Å². The SMILES string of the molecule is C=C(C)N=C(c1cc(F)cc(F)c1)c1ccc(NC2CCN(C(=Nc3ccccc3C)C(=C)CC(C)F)CC2)cc1C. The predicted molar refractivity (Wildman–Crippen MR) is 169 cm³/mol. The van der Waals surface area contributed by atoms with Crippen LogP contribution in [0.15, 0.2) is 95.1 Å². The Hall–Kier alpha value is -4.13. The summed E-state index contributed by atoms with van der Waals surface area (Å²) in [6, 6.07) is 17.5. The number of aliphatic imine (C=N–C) groups is 2. The summed E-state index contributed by atoms with van der Waals surface area (Å²) in [6.07, 6.45) is 0.993. The molecule has 1 atom stereocenters. The van der Waals surface area contributed by atoms with Crippen molar-refractivity contribution in [3.05, 3.63) is 119 Å². The Morgan fingerprint density at radius 1 is 0.976 bits per heavy atom. The van der Waals surface area contributed by atoms with Gasteiger partial charge in [0.15, 0.2) is 0 Å². The molecule has 0 amide bonds. The minimum Gasteiger partial charge on any atom is -0.382 e. The van der Waals surface area contributed by atoms with Gasteiger partial charge in [-0.25, -0.2) is 18.2 Å². The van der Waals surface area contributed by atoms with Crippen LogP contribution in [-0.4, -0.2) is 41.8 Å². The van der Waals surface area contributed by atoms with Crippen LogP contribution < -0.4 is 5.32 Å². The number of likely N-dealkylation sites (tertiary alicyclic amines) is 1. The van der Waals surface area contributed by atoms with Gasteiger partial charge in [0.1, 0.15) is 23.6 Å². The first-order valence-electron chi connectivity index (χ1n) is 14.3. The highest BCUT2D eigenvalue weighted by Gasteiger charge is 2.24. The molecule has 0 saturated carbocycles. The Balaban J connectivity index is 1.49. The Morgan fingerprint density at radius 2 is 1.64 bits per heavy atom. The lowest BCUT2D eigenvalue weighted by Gasteiger charge is -2.36. The first kappa shape index (κ1) is 30.8. The zero-order chi connectivity index (χ0) is 30.4. The number of hydrogen-bond donors (Lipinski definition) is 1. The van der Waals surface area contributed by atoms with Crippen LogP contribution >= 0.6 is 0 Å². The lowest BCUT2D eigenvalue weighted by molar-refractivity contribution is 0.319. The molecule has 1 aliphatic rings. The van der Waals surface area contributed by atoms with E-state index in [1.54, 1.807) is 13.8 Å². The van der Waals surface area contributed by atoms with E-state index in [9.17, 15) is 13.2 Å². The van der Waals surface area contributed by atoms with Gasteiger partial charge in [0.25, 0.3) is 0 Å². The Labute approximate surface area is 247 Å². The van der Waals surface area contributed by atoms with Crippen LogP contribution in [0.1, 0.15) is 55.4 Å². The standard InChI is InChI=1S/C35H39F3N4/c1-22(2)39-34(27-19-28(37)21-29(38)20-27)32-12-11-31(18-24(32)4)40-30-13-15-42(16-14-30)35(25(5)17-26(6)36)41-33-10-8-7-9-23(33)3/h7-12,18-21,26,30,40H,1,5,13-17H2,2-4,6H3. The molecule has 0 aliphatic carbocycles. The maximum atomic E-state index is 14.0. The van der Waals surface area contributed by atoms with Crippen LogP contribution in [0, 0.1) is 25.5 Å². The summed E-state index contributed by atoms with van der Waals surface area (Å²) in [6.45, 7) is 16.8. The van der Waals surface area contributed by atoms with Crippen LogP contribution in [0.5, 0.6) is 0 Å². The molecular formula is C35H39F3N4. The zero-order valence-corrected chi connectivity index (χ0v) is 24.9. The van der Waals surface area contributed by atoms with Crippen molar-refractivity contribution in [2.24, 2.45) is 9.98 Å². The van der Waals surface area contributed by atoms with Gasteiger partial charge in [-0.1, -0.05) is 37.4 Å². The van der Waals surface area contributed by atoms with Crippen molar-refractivity contribution >= 4 is 22.9 Å². The van der Waals surface area contributed by atoms with Gasteiger partial charge in [-0.2, -0.15) is 0 Å². The first-order chi connectivity index (χ1) is 20.0. The van der Waals surface area contributed by atoms with Gasteiger partial charge >= 0.3 is 0 Å². The molecule has 3 aromatic carbocycles. The van der Waals surface area contributed by atoms with Crippen LogP contribution in [0.3, 0.4) is 0 Å². The third-order valence-electron chi connectivity index (χ3n) is 7.27. The number of halogens is 3. The summed E-state index contributed by atoms with van der Waals surface area (Å²) in [5, 5.41) is 3.64. The number of anilines is 1. The van der Waals surface area contributed by atoms with Gasteiger partial charge in [0.05, 0.1) is 11.4 Å². The summed E-state index contributed by atoms with van der Waals surface area (Å²) >= 11 is 0. The number of piperidine rings is 1. The molecule has 1 N–H and O–H groups in total. The van der Waals surface area contributed by atoms with Gasteiger partial charge in [0.2, 0.25) is 0 Å². The summed E-state index contributed by atoms with van der Waals surface area (Å²) in [5.74, 6) is -0.557. The summed E-state index contributed by atoms with van der Waals surface area (Å²) < 4.78 is 41.9. The number of rotatable bonds is 9. The van der Waals surface area contributed by atoms with Crippen molar-refractivity contribution in [2.75, 3.05) is 18.4 Å². The van der Waals surface area contributed by atoms with Gasteiger partial charge in [-0.15, -0.1) is 0 Å². The molecule has 4 nitrogen and oxygen atoms in total. The quantitative estimate of drug-likeness (QED) is 0.206. The monoisotopic (exact) mass is 572 g/mol. The predicted octanol–water partition coefficient (Wildman–Crippen LogP) is 8.86. The highest BCUT2D eigenvalue weighted by molar-refractivity contribution is 6.14. The molecule has 1 fully saturated rings. The number of amidine groups is 1. The Morgan fingerprint density at radius 3 is 2.24 bits per heavy atom. The van der Waals surface area contributed by atoms with Crippen LogP contribution in [0.2, 0.25) is 0 Å². The molecule has 0 radical (unpaired) electrons. The normalized spacial score (nSPS) is 15.5. The number of aryl methyl sites for hydroxylation is 2. The highest BCUT2D eigenvalue weighted by atomic mass is 19.1. The van der Waals surface area contributed by atoms with Crippen molar-refractivity contribution in [3.63, 3.8) is 0 Å². The second-order valence-electron chi connectivity index (χ2n) is 11.1. The summed E-state index contributed by atoms with van der Waals surface area (Å²) in [5.41, 5.74) is 6.66. The van der Waals surface area contributed by atoms with E-state index >= 15 is 0 Å². The topological polar surface area (TPSA) is 40.0 Å². The molecule has 1 heterocycles. The fourth-order valence-corrected chi connectivity index (χ4v) is 5.26. The minimum atomic E-state index is -0.995. The third-order valence-corrected chi connectivity index (χ3v) is 7.27. The number of alkyl halides is 1. The van der Waals surface area contributed by atoms with Crippen molar-refractivity contribution < 1.29 is 13.2 Å². The lowest BCUT2D eigenvalue weighted by Crippen LogP contribution is -2.43. The molecule has 0 aromatic heterocycles. The molecule has 42 heavy (non-hydrogen) atoms. The molecule has 1 unspecified atom stereocenters. The number of nitrogens with zero attached hydrogens (tertiary/aromatic N) is 3. The van der Waals surface area contributed by atoms with Gasteiger partial charge < -0.3 is 10.2 Å². The zero-order valence-electron chi connectivity index (χ0n) is 24.9. The second kappa shape index (κ2) is 13.7.